The molecule has 0 atom stereocenters. The third-order valence-electron chi connectivity index (χ3n) is 2.53. The van der Waals surface area contributed by atoms with Crippen molar-refractivity contribution in [2.75, 3.05) is 11.9 Å². The van der Waals surface area contributed by atoms with E-state index in [-0.39, 0.29) is 5.92 Å². The maximum Gasteiger partial charge on any atom is 0.135 e. The molecule has 6 heteroatoms. The molecule has 1 N–H and O–H groups in total. The van der Waals surface area contributed by atoms with E-state index in [1.165, 1.54) is 4.88 Å². The maximum atomic E-state index is 5.99. The standard InChI is InChI=1S/C13H15Cl2N3S/c1-8(2)13-17-10(14)7-12(18-13)16-6-5-9-3-4-11(15)19-9/h3-4,7-8H,5-6H2,1-2H3,(H,16,17,18). The molecule has 0 amide bonds. The van der Waals surface area contributed by atoms with Gasteiger partial charge in [-0.15, -0.1) is 11.3 Å². The zero-order chi connectivity index (χ0) is 13.8. The Morgan fingerprint density at radius 2 is 2.05 bits per heavy atom. The van der Waals surface area contributed by atoms with E-state index < -0.39 is 0 Å². The first kappa shape index (κ1) is 14.6. The van der Waals surface area contributed by atoms with Gasteiger partial charge >= 0.3 is 0 Å². The van der Waals surface area contributed by atoms with Crippen LogP contribution < -0.4 is 5.32 Å². The molecule has 0 radical (unpaired) electrons. The van der Waals surface area contributed by atoms with Crippen molar-refractivity contribution in [2.24, 2.45) is 0 Å². The van der Waals surface area contributed by atoms with Gasteiger partial charge in [-0.1, -0.05) is 37.0 Å². The first-order chi connectivity index (χ1) is 9.04. The zero-order valence-corrected chi connectivity index (χ0v) is 13.1. The fourth-order valence-electron chi connectivity index (χ4n) is 1.58. The van der Waals surface area contributed by atoms with E-state index in [2.05, 4.69) is 15.3 Å². The number of aromatic nitrogens is 2. The molecule has 2 rings (SSSR count). The molecule has 0 spiro atoms. The van der Waals surface area contributed by atoms with Crippen LogP contribution in [0.5, 0.6) is 0 Å². The van der Waals surface area contributed by atoms with Crippen LogP contribution >= 0.6 is 34.5 Å². The highest BCUT2D eigenvalue weighted by molar-refractivity contribution is 7.16. The summed E-state index contributed by atoms with van der Waals surface area (Å²) in [6, 6.07) is 5.70. The van der Waals surface area contributed by atoms with Crippen molar-refractivity contribution in [1.29, 1.82) is 0 Å². The average molecular weight is 316 g/mol. The summed E-state index contributed by atoms with van der Waals surface area (Å²) in [4.78, 5) is 9.89. The van der Waals surface area contributed by atoms with Crippen LogP contribution in [0.25, 0.3) is 0 Å². The normalized spacial score (nSPS) is 11.0. The van der Waals surface area contributed by atoms with Gasteiger partial charge in [0, 0.05) is 23.4 Å². The molecule has 2 heterocycles. The van der Waals surface area contributed by atoms with Gasteiger partial charge in [-0.05, 0) is 18.6 Å². The molecule has 0 aliphatic heterocycles. The number of anilines is 1. The highest BCUT2D eigenvalue weighted by Crippen LogP contribution is 2.22. The number of rotatable bonds is 5. The van der Waals surface area contributed by atoms with Crippen LogP contribution in [0.15, 0.2) is 18.2 Å². The second-order valence-electron chi connectivity index (χ2n) is 4.47. The number of hydrogen-bond donors (Lipinski definition) is 1. The van der Waals surface area contributed by atoms with Crippen LogP contribution in [0, 0.1) is 0 Å². The van der Waals surface area contributed by atoms with Gasteiger partial charge in [0.1, 0.15) is 16.8 Å². The molecule has 0 saturated heterocycles. The summed E-state index contributed by atoms with van der Waals surface area (Å²) < 4.78 is 0.821. The Balaban J connectivity index is 1.95. The fraction of sp³-hybridized carbons (Fsp3) is 0.385. The van der Waals surface area contributed by atoms with Crippen molar-refractivity contribution in [3.8, 4) is 0 Å². The van der Waals surface area contributed by atoms with E-state index in [1.807, 2.05) is 26.0 Å². The lowest BCUT2D eigenvalue weighted by Gasteiger charge is -2.09. The Hall–Kier alpha value is -0.840. The molecule has 0 fully saturated rings. The van der Waals surface area contributed by atoms with E-state index in [0.29, 0.717) is 5.15 Å². The first-order valence-electron chi connectivity index (χ1n) is 6.07. The lowest BCUT2D eigenvalue weighted by atomic mass is 10.2. The minimum absolute atomic E-state index is 0.260. The Morgan fingerprint density at radius 3 is 2.68 bits per heavy atom. The second-order valence-corrected chi connectivity index (χ2v) is 6.66. The van der Waals surface area contributed by atoms with Gasteiger partial charge in [-0.2, -0.15) is 0 Å². The van der Waals surface area contributed by atoms with Crippen molar-refractivity contribution >= 4 is 40.4 Å². The summed E-state index contributed by atoms with van der Waals surface area (Å²) in [6.45, 7) is 4.88. The third kappa shape index (κ3) is 4.34. The van der Waals surface area contributed by atoms with Crippen molar-refractivity contribution in [3.05, 3.63) is 38.4 Å². The molecular weight excluding hydrogens is 301 g/mol. The summed E-state index contributed by atoms with van der Waals surface area (Å²) in [5.74, 6) is 1.79. The highest BCUT2D eigenvalue weighted by atomic mass is 35.5. The van der Waals surface area contributed by atoms with E-state index >= 15 is 0 Å². The summed E-state index contributed by atoms with van der Waals surface area (Å²) in [6.07, 6.45) is 0.913. The topological polar surface area (TPSA) is 37.8 Å². The van der Waals surface area contributed by atoms with E-state index in [0.717, 1.165) is 28.9 Å². The molecule has 0 unspecified atom stereocenters. The van der Waals surface area contributed by atoms with Gasteiger partial charge in [0.2, 0.25) is 0 Å². The van der Waals surface area contributed by atoms with Crippen molar-refractivity contribution in [3.63, 3.8) is 0 Å². The van der Waals surface area contributed by atoms with Gasteiger partial charge in [0.25, 0.3) is 0 Å². The lowest BCUT2D eigenvalue weighted by molar-refractivity contribution is 0.774. The smallest absolute Gasteiger partial charge is 0.135 e. The molecule has 2 aromatic heterocycles. The van der Waals surface area contributed by atoms with Gasteiger partial charge in [-0.25, -0.2) is 9.97 Å². The Bertz CT molecular complexity index is 555. The van der Waals surface area contributed by atoms with Gasteiger partial charge in [0.05, 0.1) is 4.34 Å². The molecule has 0 aliphatic rings. The molecule has 0 bridgehead atoms. The number of hydrogen-bond acceptors (Lipinski definition) is 4. The van der Waals surface area contributed by atoms with Crippen LogP contribution in [0.3, 0.4) is 0 Å². The summed E-state index contributed by atoms with van der Waals surface area (Å²) in [5, 5.41) is 3.74. The fourth-order valence-corrected chi connectivity index (χ4v) is 2.86. The van der Waals surface area contributed by atoms with Gasteiger partial charge in [0.15, 0.2) is 0 Å². The minimum Gasteiger partial charge on any atom is -0.370 e. The predicted octanol–water partition coefficient (Wildman–Crippen LogP) is 4.62. The monoisotopic (exact) mass is 315 g/mol. The third-order valence-corrected chi connectivity index (χ3v) is 4.02. The maximum absolute atomic E-state index is 5.99. The van der Waals surface area contributed by atoms with Crippen LogP contribution in [-0.4, -0.2) is 16.5 Å². The van der Waals surface area contributed by atoms with E-state index in [1.54, 1.807) is 17.4 Å². The van der Waals surface area contributed by atoms with Crippen LogP contribution in [0.2, 0.25) is 9.49 Å². The summed E-state index contributed by atoms with van der Waals surface area (Å²) >= 11 is 13.5. The van der Waals surface area contributed by atoms with Crippen LogP contribution in [-0.2, 0) is 6.42 Å². The number of thiophene rings is 1. The SMILES string of the molecule is CC(C)c1nc(Cl)cc(NCCc2ccc(Cl)s2)n1. The molecule has 0 aromatic carbocycles. The minimum atomic E-state index is 0.260. The summed E-state index contributed by atoms with van der Waals surface area (Å²) in [5.41, 5.74) is 0. The number of nitrogens with zero attached hydrogens (tertiary/aromatic N) is 2. The van der Waals surface area contributed by atoms with Crippen molar-refractivity contribution in [2.45, 2.75) is 26.2 Å². The quantitative estimate of drug-likeness (QED) is 0.818. The zero-order valence-electron chi connectivity index (χ0n) is 10.8. The molecule has 102 valence electrons. The first-order valence-corrected chi connectivity index (χ1v) is 7.64. The van der Waals surface area contributed by atoms with Gasteiger partial charge in [-0.3, -0.25) is 0 Å². The molecule has 2 aromatic rings. The summed E-state index contributed by atoms with van der Waals surface area (Å²) in [7, 11) is 0. The molecule has 0 saturated carbocycles. The molecule has 3 nitrogen and oxygen atoms in total. The molecule has 19 heavy (non-hydrogen) atoms. The Morgan fingerprint density at radius 1 is 1.26 bits per heavy atom. The van der Waals surface area contributed by atoms with Crippen molar-refractivity contribution < 1.29 is 0 Å². The lowest BCUT2D eigenvalue weighted by Crippen LogP contribution is -2.08. The predicted molar refractivity (Wildman–Crippen MR) is 82.7 cm³/mol. The van der Waals surface area contributed by atoms with Gasteiger partial charge < -0.3 is 5.32 Å². The van der Waals surface area contributed by atoms with Crippen LogP contribution in [0.4, 0.5) is 5.82 Å². The highest BCUT2D eigenvalue weighted by Gasteiger charge is 2.07. The van der Waals surface area contributed by atoms with Crippen LogP contribution in [0.1, 0.15) is 30.5 Å². The Labute approximate surface area is 127 Å². The number of nitrogens with one attached hydrogen (secondary N) is 1. The largest absolute Gasteiger partial charge is 0.370 e. The Kier molecular flexibility index (Phi) is 5.02. The van der Waals surface area contributed by atoms with E-state index in [9.17, 15) is 0 Å². The second kappa shape index (κ2) is 6.55. The number of halogens is 2. The molecular formula is C13H15Cl2N3S. The molecule has 0 aliphatic carbocycles. The average Bonchev–Trinajstić information content (AvgIpc) is 2.74. The van der Waals surface area contributed by atoms with E-state index in [4.69, 9.17) is 23.2 Å². The van der Waals surface area contributed by atoms with Crippen molar-refractivity contribution in [1.82, 2.24) is 9.97 Å².